The zero-order valence-electron chi connectivity index (χ0n) is 14.1. The molecule has 9 heteroatoms. The lowest BCUT2D eigenvalue weighted by molar-refractivity contribution is 0.484. The van der Waals surface area contributed by atoms with Crippen LogP contribution in [0.3, 0.4) is 0 Å². The third-order valence-corrected chi connectivity index (χ3v) is 5.54. The molecule has 0 radical (unpaired) electrons. The molecule has 136 valence electrons. The Morgan fingerprint density at radius 3 is 2.62 bits per heavy atom. The Balaban J connectivity index is 2.00. The number of anilines is 1. The predicted molar refractivity (Wildman–Crippen MR) is 97.9 cm³/mol. The molecule has 0 bridgehead atoms. The number of imidazole rings is 1. The van der Waals surface area contributed by atoms with Crippen molar-refractivity contribution in [3.05, 3.63) is 64.7 Å². The Kier molecular flexibility index (Phi) is 4.97. The fraction of sp³-hybridized carbons (Fsp3) is 0.176. The number of nitrogens with zero attached hydrogens (tertiary/aromatic N) is 3. The number of alkyl halides is 1. The predicted octanol–water partition coefficient (Wildman–Crippen LogP) is 3.81. The summed E-state index contributed by atoms with van der Waals surface area (Å²) in [7, 11) is -3.93. The quantitative estimate of drug-likeness (QED) is 0.713. The molecule has 2 aromatic heterocycles. The van der Waals surface area contributed by atoms with Gasteiger partial charge in [0, 0.05) is 17.4 Å². The van der Waals surface area contributed by atoms with Crippen LogP contribution in [-0.2, 0) is 16.7 Å². The maximum atomic E-state index is 12.8. The fourth-order valence-corrected chi connectivity index (χ4v) is 3.79. The first-order valence-electron chi connectivity index (χ1n) is 7.65. The Morgan fingerprint density at radius 1 is 1.19 bits per heavy atom. The highest BCUT2D eigenvalue weighted by atomic mass is 35.5. The molecule has 0 amide bonds. The first kappa shape index (κ1) is 18.3. The topological polar surface area (TPSA) is 76.9 Å². The molecule has 0 saturated heterocycles. The number of benzene rings is 1. The van der Waals surface area contributed by atoms with E-state index in [9.17, 15) is 12.8 Å². The van der Waals surface area contributed by atoms with Gasteiger partial charge in [0.1, 0.15) is 13.0 Å². The van der Waals surface area contributed by atoms with Crippen molar-refractivity contribution in [2.45, 2.75) is 25.5 Å². The van der Waals surface area contributed by atoms with Crippen LogP contribution in [0.2, 0.25) is 5.02 Å². The molecule has 6 nitrogen and oxygen atoms in total. The van der Waals surface area contributed by atoms with E-state index in [1.807, 2.05) is 19.9 Å². The van der Waals surface area contributed by atoms with Crippen molar-refractivity contribution in [2.75, 3.05) is 4.72 Å². The molecule has 26 heavy (non-hydrogen) atoms. The van der Waals surface area contributed by atoms with Gasteiger partial charge in [-0.25, -0.2) is 14.4 Å². The molecule has 0 fully saturated rings. The van der Waals surface area contributed by atoms with Gasteiger partial charge in [0.25, 0.3) is 10.0 Å². The zero-order chi connectivity index (χ0) is 18.9. The number of hydrogen-bond acceptors (Lipinski definition) is 4. The standard InChI is InChI=1S/C17H16ClFN4O2S/c1-11-3-4-14(5-12(11)2)22-26(24,25)16-9-20-10-23(16)17-15(18)6-13(7-19)8-21-17/h3-6,8-10,22H,7H2,1-2H3. The highest BCUT2D eigenvalue weighted by Gasteiger charge is 2.22. The SMILES string of the molecule is Cc1ccc(NS(=O)(=O)c2cncn2-c2ncc(CF)cc2Cl)cc1C. The summed E-state index contributed by atoms with van der Waals surface area (Å²) in [5, 5.41) is -0.00101. The molecule has 1 N–H and O–H groups in total. The molecule has 3 aromatic rings. The van der Waals surface area contributed by atoms with Crippen LogP contribution in [0.4, 0.5) is 10.1 Å². The Morgan fingerprint density at radius 2 is 1.96 bits per heavy atom. The normalized spacial score (nSPS) is 11.5. The highest BCUT2D eigenvalue weighted by Crippen LogP contribution is 2.25. The van der Waals surface area contributed by atoms with Gasteiger partial charge in [-0.3, -0.25) is 9.29 Å². The number of sulfonamides is 1. The number of hydrogen-bond donors (Lipinski definition) is 1. The molecular formula is C17H16ClFN4O2S. The maximum Gasteiger partial charge on any atom is 0.279 e. The number of aryl methyl sites for hydroxylation is 2. The second-order valence-corrected chi connectivity index (χ2v) is 7.83. The molecule has 0 spiro atoms. The van der Waals surface area contributed by atoms with E-state index in [-0.39, 0.29) is 15.9 Å². The van der Waals surface area contributed by atoms with Crippen molar-refractivity contribution >= 4 is 27.3 Å². The van der Waals surface area contributed by atoms with E-state index in [0.717, 1.165) is 11.1 Å². The zero-order valence-corrected chi connectivity index (χ0v) is 15.6. The second-order valence-electron chi connectivity index (χ2n) is 5.79. The average molecular weight is 395 g/mol. The molecule has 0 atom stereocenters. The Labute approximate surface area is 155 Å². The van der Waals surface area contributed by atoms with Crippen LogP contribution in [-0.4, -0.2) is 23.0 Å². The molecule has 0 aliphatic rings. The van der Waals surface area contributed by atoms with Gasteiger partial charge in [-0.1, -0.05) is 17.7 Å². The fourth-order valence-electron chi connectivity index (χ4n) is 2.37. The Hall–Kier alpha value is -2.45. The average Bonchev–Trinajstić information content (AvgIpc) is 3.08. The smallest absolute Gasteiger partial charge is 0.278 e. The minimum absolute atomic E-state index is 0.126. The minimum atomic E-state index is -3.93. The lowest BCUT2D eigenvalue weighted by Gasteiger charge is -2.12. The molecule has 0 aliphatic heterocycles. The number of pyridine rings is 1. The number of aromatic nitrogens is 3. The van der Waals surface area contributed by atoms with E-state index >= 15 is 0 Å². The molecule has 2 heterocycles. The summed E-state index contributed by atoms with van der Waals surface area (Å²) in [6.07, 6.45) is 3.79. The third kappa shape index (κ3) is 3.56. The molecule has 0 unspecified atom stereocenters. The van der Waals surface area contributed by atoms with E-state index < -0.39 is 16.7 Å². The van der Waals surface area contributed by atoms with Gasteiger partial charge < -0.3 is 0 Å². The maximum absolute atomic E-state index is 12.8. The third-order valence-electron chi connectivity index (χ3n) is 3.90. The van der Waals surface area contributed by atoms with Crippen LogP contribution in [0.5, 0.6) is 0 Å². The van der Waals surface area contributed by atoms with Gasteiger partial charge in [-0.15, -0.1) is 0 Å². The number of halogens is 2. The van der Waals surface area contributed by atoms with E-state index in [1.54, 1.807) is 12.1 Å². The number of nitrogens with one attached hydrogen (secondary N) is 1. The lowest BCUT2D eigenvalue weighted by Crippen LogP contribution is -2.17. The van der Waals surface area contributed by atoms with Gasteiger partial charge in [0.05, 0.1) is 11.2 Å². The monoisotopic (exact) mass is 394 g/mol. The van der Waals surface area contributed by atoms with Gasteiger partial charge in [0.2, 0.25) is 0 Å². The van der Waals surface area contributed by atoms with Gasteiger partial charge in [-0.2, -0.15) is 8.42 Å². The summed E-state index contributed by atoms with van der Waals surface area (Å²) in [5.41, 5.74) is 2.76. The van der Waals surface area contributed by atoms with E-state index in [4.69, 9.17) is 11.6 Å². The Bertz CT molecular complexity index is 1070. The van der Waals surface area contributed by atoms with Crippen molar-refractivity contribution in [3.63, 3.8) is 0 Å². The first-order chi connectivity index (χ1) is 12.3. The van der Waals surface area contributed by atoms with Crippen LogP contribution >= 0.6 is 11.6 Å². The summed E-state index contributed by atoms with van der Waals surface area (Å²) in [4.78, 5) is 7.95. The summed E-state index contributed by atoms with van der Waals surface area (Å²) in [6, 6.07) is 6.66. The van der Waals surface area contributed by atoms with Crippen LogP contribution in [0.15, 0.2) is 48.0 Å². The molecular weight excluding hydrogens is 379 g/mol. The number of rotatable bonds is 5. The van der Waals surface area contributed by atoms with Crippen LogP contribution in [0.25, 0.3) is 5.82 Å². The van der Waals surface area contributed by atoms with Crippen LogP contribution in [0, 0.1) is 13.8 Å². The van der Waals surface area contributed by atoms with Crippen molar-refractivity contribution < 1.29 is 12.8 Å². The first-order valence-corrected chi connectivity index (χ1v) is 9.51. The summed E-state index contributed by atoms with van der Waals surface area (Å²) >= 11 is 6.13. The van der Waals surface area contributed by atoms with Crippen molar-refractivity contribution in [1.29, 1.82) is 0 Å². The van der Waals surface area contributed by atoms with E-state index in [0.29, 0.717) is 11.3 Å². The van der Waals surface area contributed by atoms with Crippen LogP contribution in [0.1, 0.15) is 16.7 Å². The molecule has 0 aliphatic carbocycles. The van der Waals surface area contributed by atoms with Gasteiger partial charge in [-0.05, 0) is 43.2 Å². The van der Waals surface area contributed by atoms with Crippen molar-refractivity contribution in [3.8, 4) is 5.82 Å². The summed E-state index contributed by atoms with van der Waals surface area (Å²) in [6.45, 7) is 3.13. The minimum Gasteiger partial charge on any atom is -0.278 e. The van der Waals surface area contributed by atoms with E-state index in [1.165, 1.54) is 29.4 Å². The second kappa shape index (κ2) is 7.05. The molecule has 1 aromatic carbocycles. The van der Waals surface area contributed by atoms with Crippen molar-refractivity contribution in [1.82, 2.24) is 14.5 Å². The summed E-state index contributed by atoms with van der Waals surface area (Å²) in [5.74, 6) is 0.154. The molecule has 3 rings (SSSR count). The lowest BCUT2D eigenvalue weighted by atomic mass is 10.1. The summed E-state index contributed by atoms with van der Waals surface area (Å²) < 4.78 is 42.1. The van der Waals surface area contributed by atoms with Gasteiger partial charge in [0.15, 0.2) is 10.8 Å². The van der Waals surface area contributed by atoms with E-state index in [2.05, 4.69) is 14.7 Å². The molecule has 0 saturated carbocycles. The van der Waals surface area contributed by atoms with Crippen LogP contribution < -0.4 is 4.72 Å². The largest absolute Gasteiger partial charge is 0.279 e. The van der Waals surface area contributed by atoms with Crippen molar-refractivity contribution in [2.24, 2.45) is 0 Å². The highest BCUT2D eigenvalue weighted by molar-refractivity contribution is 7.92. The van der Waals surface area contributed by atoms with Gasteiger partial charge >= 0.3 is 0 Å².